The standard InChI is InChI=1S/C9H14N2O2S/c1-9(2,3)6-5-7(13-11-6)10-8(14)12-4/h5H,1-4H3,(H,10,14). The fraction of sp³-hybridized carbons (Fsp3) is 0.556. The molecule has 0 fully saturated rings. The van der Waals surface area contributed by atoms with Crippen LogP contribution in [0.3, 0.4) is 0 Å². The van der Waals surface area contributed by atoms with Crippen molar-refractivity contribution < 1.29 is 9.26 Å². The first-order valence-electron chi connectivity index (χ1n) is 4.25. The highest BCUT2D eigenvalue weighted by atomic mass is 32.1. The lowest BCUT2D eigenvalue weighted by Gasteiger charge is -2.12. The van der Waals surface area contributed by atoms with Crippen molar-refractivity contribution in [3.05, 3.63) is 11.8 Å². The van der Waals surface area contributed by atoms with Crippen molar-refractivity contribution in [1.29, 1.82) is 0 Å². The topological polar surface area (TPSA) is 47.3 Å². The predicted molar refractivity (Wildman–Crippen MR) is 58.4 cm³/mol. The summed E-state index contributed by atoms with van der Waals surface area (Å²) in [5, 5.41) is 6.95. The number of nitrogens with zero attached hydrogens (tertiary/aromatic N) is 1. The molecule has 0 aliphatic carbocycles. The van der Waals surface area contributed by atoms with Gasteiger partial charge < -0.3 is 9.26 Å². The fourth-order valence-electron chi connectivity index (χ4n) is 0.839. The molecule has 0 amide bonds. The van der Waals surface area contributed by atoms with Gasteiger partial charge in [-0.3, -0.25) is 5.32 Å². The lowest BCUT2D eigenvalue weighted by Crippen LogP contribution is -2.11. The first kappa shape index (κ1) is 11.0. The van der Waals surface area contributed by atoms with Crippen molar-refractivity contribution in [3.8, 4) is 0 Å². The molecule has 0 aliphatic rings. The second-order valence-corrected chi connectivity index (χ2v) is 4.31. The Labute approximate surface area is 88.6 Å². The van der Waals surface area contributed by atoms with Crippen molar-refractivity contribution in [3.63, 3.8) is 0 Å². The predicted octanol–water partition coefficient (Wildman–Crippen LogP) is 2.32. The molecule has 4 nitrogen and oxygen atoms in total. The third kappa shape index (κ3) is 2.70. The molecule has 0 unspecified atom stereocenters. The molecule has 1 N–H and O–H groups in total. The van der Waals surface area contributed by atoms with Crippen LogP contribution < -0.4 is 5.32 Å². The summed E-state index contributed by atoms with van der Waals surface area (Å²) in [6, 6.07) is 1.81. The van der Waals surface area contributed by atoms with E-state index in [0.717, 1.165) is 5.69 Å². The van der Waals surface area contributed by atoms with E-state index >= 15 is 0 Å². The van der Waals surface area contributed by atoms with E-state index < -0.39 is 0 Å². The van der Waals surface area contributed by atoms with Crippen molar-refractivity contribution in [2.45, 2.75) is 26.2 Å². The van der Waals surface area contributed by atoms with Gasteiger partial charge in [-0.05, 0) is 12.2 Å². The molecule has 0 bridgehead atoms. The quantitative estimate of drug-likeness (QED) is 0.727. The Morgan fingerprint density at radius 1 is 1.57 bits per heavy atom. The van der Waals surface area contributed by atoms with Gasteiger partial charge in [0.2, 0.25) is 5.88 Å². The van der Waals surface area contributed by atoms with Gasteiger partial charge in [-0.1, -0.05) is 25.9 Å². The minimum atomic E-state index is -0.0296. The smallest absolute Gasteiger partial charge is 0.263 e. The van der Waals surface area contributed by atoms with Crippen molar-refractivity contribution >= 4 is 23.3 Å². The fourth-order valence-corrected chi connectivity index (χ4v) is 0.940. The molecule has 0 spiro atoms. The molecule has 0 saturated heterocycles. The minimum Gasteiger partial charge on any atom is -0.474 e. The Kier molecular flexibility index (Phi) is 3.10. The highest BCUT2D eigenvalue weighted by Gasteiger charge is 2.19. The number of thiocarbonyl (C=S) groups is 1. The molecule has 0 atom stereocenters. The van der Waals surface area contributed by atoms with Gasteiger partial charge in [-0.2, -0.15) is 0 Å². The Balaban J connectivity index is 2.74. The Hall–Kier alpha value is -1.10. The number of ether oxygens (including phenoxy) is 1. The zero-order valence-corrected chi connectivity index (χ0v) is 9.57. The second kappa shape index (κ2) is 3.96. The van der Waals surface area contributed by atoms with Crippen LogP contribution in [-0.2, 0) is 10.2 Å². The Bertz CT molecular complexity index is 328. The van der Waals surface area contributed by atoms with E-state index in [1.54, 1.807) is 0 Å². The van der Waals surface area contributed by atoms with E-state index in [9.17, 15) is 0 Å². The van der Waals surface area contributed by atoms with E-state index in [1.807, 2.05) is 6.07 Å². The van der Waals surface area contributed by atoms with Gasteiger partial charge in [-0.15, -0.1) is 0 Å². The van der Waals surface area contributed by atoms with Crippen molar-refractivity contribution in [2.24, 2.45) is 0 Å². The number of methoxy groups -OCH3 is 1. The summed E-state index contributed by atoms with van der Waals surface area (Å²) in [6.45, 7) is 6.18. The lowest BCUT2D eigenvalue weighted by molar-refractivity contribution is 0.393. The van der Waals surface area contributed by atoms with E-state index in [0.29, 0.717) is 5.88 Å². The van der Waals surface area contributed by atoms with Crippen LogP contribution in [-0.4, -0.2) is 17.4 Å². The van der Waals surface area contributed by atoms with Gasteiger partial charge in [0.1, 0.15) is 0 Å². The summed E-state index contributed by atoms with van der Waals surface area (Å²) in [5.74, 6) is 0.502. The number of hydrogen-bond donors (Lipinski definition) is 1. The summed E-state index contributed by atoms with van der Waals surface area (Å²) >= 11 is 4.82. The number of hydrogen-bond acceptors (Lipinski definition) is 4. The van der Waals surface area contributed by atoms with Crippen LogP contribution in [0.2, 0.25) is 0 Å². The zero-order chi connectivity index (χ0) is 10.8. The maximum absolute atomic E-state index is 5.04. The summed E-state index contributed by atoms with van der Waals surface area (Å²) < 4.78 is 9.82. The Morgan fingerprint density at radius 2 is 2.21 bits per heavy atom. The third-order valence-electron chi connectivity index (χ3n) is 1.69. The third-order valence-corrected chi connectivity index (χ3v) is 1.96. The SMILES string of the molecule is COC(=S)Nc1cc(C(C)(C)C)no1. The molecule has 1 aromatic heterocycles. The molecule has 0 aromatic carbocycles. The van der Waals surface area contributed by atoms with E-state index in [-0.39, 0.29) is 10.6 Å². The van der Waals surface area contributed by atoms with Crippen LogP contribution in [0, 0.1) is 0 Å². The minimum absolute atomic E-state index is 0.0296. The molecular weight excluding hydrogens is 200 g/mol. The van der Waals surface area contributed by atoms with Gasteiger partial charge in [0.05, 0.1) is 12.8 Å². The number of rotatable bonds is 1. The molecule has 0 radical (unpaired) electrons. The largest absolute Gasteiger partial charge is 0.474 e. The summed E-state index contributed by atoms with van der Waals surface area (Å²) in [4.78, 5) is 0. The van der Waals surface area contributed by atoms with Crippen LogP contribution >= 0.6 is 12.2 Å². The van der Waals surface area contributed by atoms with Crippen LogP contribution in [0.15, 0.2) is 10.6 Å². The van der Waals surface area contributed by atoms with E-state index in [1.165, 1.54) is 7.11 Å². The van der Waals surface area contributed by atoms with Crippen LogP contribution in [0.1, 0.15) is 26.5 Å². The second-order valence-electron chi connectivity index (χ2n) is 3.94. The van der Waals surface area contributed by atoms with Gasteiger partial charge in [0.15, 0.2) is 0 Å². The summed E-state index contributed by atoms with van der Waals surface area (Å²) in [6.07, 6.45) is 0. The van der Waals surface area contributed by atoms with Crippen LogP contribution in [0.5, 0.6) is 0 Å². The maximum Gasteiger partial charge on any atom is 0.263 e. The molecular formula is C9H14N2O2S. The Morgan fingerprint density at radius 3 is 2.64 bits per heavy atom. The monoisotopic (exact) mass is 214 g/mol. The van der Waals surface area contributed by atoms with Crippen LogP contribution in [0.25, 0.3) is 0 Å². The first-order chi connectivity index (χ1) is 6.43. The van der Waals surface area contributed by atoms with Gasteiger partial charge >= 0.3 is 0 Å². The van der Waals surface area contributed by atoms with Crippen molar-refractivity contribution in [2.75, 3.05) is 12.4 Å². The lowest BCUT2D eigenvalue weighted by atomic mass is 9.92. The molecule has 5 heteroatoms. The molecule has 0 aliphatic heterocycles. The molecule has 1 rings (SSSR count). The number of anilines is 1. The number of nitrogens with one attached hydrogen (secondary N) is 1. The molecule has 0 saturated carbocycles. The first-order valence-corrected chi connectivity index (χ1v) is 4.66. The van der Waals surface area contributed by atoms with Crippen LogP contribution in [0.4, 0.5) is 5.88 Å². The average molecular weight is 214 g/mol. The van der Waals surface area contributed by atoms with Gasteiger partial charge in [0.25, 0.3) is 5.17 Å². The zero-order valence-electron chi connectivity index (χ0n) is 8.75. The number of aromatic nitrogens is 1. The van der Waals surface area contributed by atoms with E-state index in [4.69, 9.17) is 21.5 Å². The van der Waals surface area contributed by atoms with Gasteiger partial charge in [0, 0.05) is 11.5 Å². The van der Waals surface area contributed by atoms with Gasteiger partial charge in [-0.25, -0.2) is 0 Å². The summed E-state index contributed by atoms with van der Waals surface area (Å²) in [5.41, 5.74) is 0.844. The molecule has 1 aromatic rings. The molecule has 1 heterocycles. The maximum atomic E-state index is 5.04. The molecule has 78 valence electrons. The summed E-state index contributed by atoms with van der Waals surface area (Å²) in [7, 11) is 1.50. The highest BCUT2D eigenvalue weighted by Crippen LogP contribution is 2.23. The molecule has 14 heavy (non-hydrogen) atoms. The van der Waals surface area contributed by atoms with E-state index in [2.05, 4.69) is 31.2 Å². The normalized spacial score (nSPS) is 11.1. The average Bonchev–Trinajstić information content (AvgIpc) is 2.51. The van der Waals surface area contributed by atoms with Crippen molar-refractivity contribution in [1.82, 2.24) is 5.16 Å². The highest BCUT2D eigenvalue weighted by molar-refractivity contribution is 7.80.